The van der Waals surface area contributed by atoms with Gasteiger partial charge in [0.25, 0.3) is 0 Å². The average Bonchev–Trinajstić information content (AvgIpc) is 2.54. The zero-order chi connectivity index (χ0) is 15.8. The zero-order valence-electron chi connectivity index (χ0n) is 14.2. The minimum atomic E-state index is -0.268. The molecular weight excluding hydrogens is 272 g/mol. The van der Waals surface area contributed by atoms with Crippen molar-refractivity contribution in [3.63, 3.8) is 0 Å². The first kappa shape index (κ1) is 17.5. The van der Waals surface area contributed by atoms with Crippen molar-refractivity contribution < 1.29 is 5.11 Å². The van der Waals surface area contributed by atoms with Gasteiger partial charge in [0, 0.05) is 25.7 Å². The van der Waals surface area contributed by atoms with E-state index in [0.29, 0.717) is 6.04 Å². The van der Waals surface area contributed by atoms with E-state index in [1.54, 1.807) is 0 Å². The quantitative estimate of drug-likeness (QED) is 0.799. The summed E-state index contributed by atoms with van der Waals surface area (Å²) in [6.07, 6.45) is 6.43. The molecule has 0 radical (unpaired) electrons. The lowest BCUT2D eigenvalue weighted by molar-refractivity contribution is 0.0553. The van der Waals surface area contributed by atoms with Gasteiger partial charge in [-0.1, -0.05) is 56.5 Å². The van der Waals surface area contributed by atoms with Crippen LogP contribution in [0.2, 0.25) is 0 Å². The van der Waals surface area contributed by atoms with Crippen LogP contribution in [0.4, 0.5) is 0 Å². The molecule has 2 rings (SSSR count). The summed E-state index contributed by atoms with van der Waals surface area (Å²) in [5.74, 6) is 0. The summed E-state index contributed by atoms with van der Waals surface area (Å²) >= 11 is 0. The van der Waals surface area contributed by atoms with Gasteiger partial charge >= 0.3 is 0 Å². The molecule has 3 nitrogen and oxygen atoms in total. The number of rotatable bonds is 8. The summed E-state index contributed by atoms with van der Waals surface area (Å²) in [7, 11) is 2.09. The Bertz CT molecular complexity index is 403. The highest BCUT2D eigenvalue weighted by Gasteiger charge is 2.22. The van der Waals surface area contributed by atoms with Crippen LogP contribution in [0.3, 0.4) is 0 Å². The molecule has 1 aromatic rings. The van der Waals surface area contributed by atoms with E-state index < -0.39 is 0 Å². The predicted octanol–water partition coefficient (Wildman–Crippen LogP) is 3.13. The second-order valence-electron chi connectivity index (χ2n) is 6.72. The standard InChI is InChI=1S/C19H32N2O/c1-3-21(18-12-8-5-9-13-18)16-19(22)15-20(2)14-17-10-6-4-7-11-17/h4,6-7,10-11,18-19,22H,3,5,8-9,12-16H2,1-2H3. The Balaban J connectivity index is 1.76. The molecule has 1 aliphatic rings. The van der Waals surface area contributed by atoms with E-state index in [4.69, 9.17) is 0 Å². The fourth-order valence-electron chi connectivity index (χ4n) is 3.63. The number of aliphatic hydroxyl groups is 1. The fraction of sp³-hybridized carbons (Fsp3) is 0.684. The molecule has 1 saturated carbocycles. The highest BCUT2D eigenvalue weighted by Crippen LogP contribution is 2.22. The molecule has 0 amide bonds. The Hall–Kier alpha value is -0.900. The summed E-state index contributed by atoms with van der Waals surface area (Å²) in [4.78, 5) is 4.70. The first-order valence-corrected chi connectivity index (χ1v) is 8.83. The number of hydrogen-bond acceptors (Lipinski definition) is 3. The van der Waals surface area contributed by atoms with E-state index in [1.165, 1.54) is 37.7 Å². The topological polar surface area (TPSA) is 26.7 Å². The Morgan fingerprint density at radius 3 is 2.41 bits per heavy atom. The molecule has 0 aliphatic heterocycles. The number of hydrogen-bond donors (Lipinski definition) is 1. The minimum Gasteiger partial charge on any atom is -0.390 e. The van der Waals surface area contributed by atoms with E-state index in [0.717, 1.165) is 26.2 Å². The second-order valence-corrected chi connectivity index (χ2v) is 6.72. The van der Waals surface area contributed by atoms with E-state index in [9.17, 15) is 5.11 Å². The fourth-order valence-corrected chi connectivity index (χ4v) is 3.63. The number of benzene rings is 1. The van der Waals surface area contributed by atoms with Gasteiger partial charge in [-0.25, -0.2) is 0 Å². The van der Waals surface area contributed by atoms with Gasteiger partial charge in [0.05, 0.1) is 6.10 Å². The largest absolute Gasteiger partial charge is 0.390 e. The third-order valence-electron chi connectivity index (χ3n) is 4.76. The van der Waals surface area contributed by atoms with Crippen LogP contribution in [0.25, 0.3) is 0 Å². The maximum atomic E-state index is 10.4. The Kier molecular flexibility index (Phi) is 7.37. The number of likely N-dealkylation sites (N-methyl/N-ethyl adjacent to an activating group) is 2. The molecule has 1 aromatic carbocycles. The van der Waals surface area contributed by atoms with Crippen LogP contribution in [0.15, 0.2) is 30.3 Å². The molecule has 3 heteroatoms. The van der Waals surface area contributed by atoms with Crippen molar-refractivity contribution in [2.45, 2.75) is 57.7 Å². The van der Waals surface area contributed by atoms with Crippen LogP contribution in [-0.2, 0) is 6.54 Å². The SMILES string of the molecule is CCN(CC(O)CN(C)Cc1ccccc1)C1CCCCC1. The highest BCUT2D eigenvalue weighted by atomic mass is 16.3. The molecule has 1 fully saturated rings. The van der Waals surface area contributed by atoms with Crippen molar-refractivity contribution in [1.29, 1.82) is 0 Å². The highest BCUT2D eigenvalue weighted by molar-refractivity contribution is 5.14. The Morgan fingerprint density at radius 1 is 1.09 bits per heavy atom. The lowest BCUT2D eigenvalue weighted by Crippen LogP contribution is -2.44. The maximum absolute atomic E-state index is 10.4. The van der Waals surface area contributed by atoms with Crippen molar-refractivity contribution in [2.75, 3.05) is 26.7 Å². The summed E-state index contributed by atoms with van der Waals surface area (Å²) in [6.45, 7) is 5.70. The summed E-state index contributed by atoms with van der Waals surface area (Å²) < 4.78 is 0. The van der Waals surface area contributed by atoms with Gasteiger partial charge in [-0.2, -0.15) is 0 Å². The van der Waals surface area contributed by atoms with Crippen molar-refractivity contribution in [2.24, 2.45) is 0 Å². The number of nitrogens with zero attached hydrogens (tertiary/aromatic N) is 2. The second kappa shape index (κ2) is 9.29. The molecule has 0 aromatic heterocycles. The van der Waals surface area contributed by atoms with Crippen LogP contribution in [0.1, 0.15) is 44.6 Å². The summed E-state index contributed by atoms with van der Waals surface area (Å²) in [5.41, 5.74) is 1.30. The van der Waals surface area contributed by atoms with Gasteiger partial charge in [-0.3, -0.25) is 9.80 Å². The normalized spacial score (nSPS) is 18.0. The van der Waals surface area contributed by atoms with Crippen molar-refractivity contribution >= 4 is 0 Å². The third kappa shape index (κ3) is 5.71. The van der Waals surface area contributed by atoms with Crippen molar-refractivity contribution in [3.8, 4) is 0 Å². The molecule has 22 heavy (non-hydrogen) atoms. The third-order valence-corrected chi connectivity index (χ3v) is 4.76. The molecular formula is C19H32N2O. The van der Waals surface area contributed by atoms with Crippen molar-refractivity contribution in [3.05, 3.63) is 35.9 Å². The first-order chi connectivity index (χ1) is 10.7. The predicted molar refractivity (Wildman–Crippen MR) is 92.9 cm³/mol. The monoisotopic (exact) mass is 304 g/mol. The Morgan fingerprint density at radius 2 is 1.77 bits per heavy atom. The van der Waals surface area contributed by atoms with E-state index in [-0.39, 0.29) is 6.10 Å². The molecule has 0 spiro atoms. The van der Waals surface area contributed by atoms with Gasteiger partial charge in [0.1, 0.15) is 0 Å². The van der Waals surface area contributed by atoms with Gasteiger partial charge in [0.15, 0.2) is 0 Å². The van der Waals surface area contributed by atoms with E-state index in [1.807, 2.05) is 6.07 Å². The Labute approximate surface area is 135 Å². The van der Waals surface area contributed by atoms with E-state index in [2.05, 4.69) is 48.0 Å². The van der Waals surface area contributed by atoms with Crippen LogP contribution in [-0.4, -0.2) is 53.7 Å². The zero-order valence-corrected chi connectivity index (χ0v) is 14.2. The van der Waals surface area contributed by atoms with Crippen LogP contribution >= 0.6 is 0 Å². The first-order valence-electron chi connectivity index (χ1n) is 8.83. The smallest absolute Gasteiger partial charge is 0.0793 e. The van der Waals surface area contributed by atoms with Gasteiger partial charge in [-0.15, -0.1) is 0 Å². The number of aliphatic hydroxyl groups excluding tert-OH is 1. The van der Waals surface area contributed by atoms with E-state index >= 15 is 0 Å². The molecule has 1 atom stereocenters. The molecule has 1 aliphatic carbocycles. The van der Waals surface area contributed by atoms with Crippen molar-refractivity contribution in [1.82, 2.24) is 9.80 Å². The maximum Gasteiger partial charge on any atom is 0.0793 e. The van der Waals surface area contributed by atoms with Crippen LogP contribution in [0.5, 0.6) is 0 Å². The van der Waals surface area contributed by atoms with Crippen LogP contribution in [0, 0.1) is 0 Å². The average molecular weight is 304 g/mol. The molecule has 0 bridgehead atoms. The molecule has 124 valence electrons. The van der Waals surface area contributed by atoms with Gasteiger partial charge in [-0.05, 0) is 32.0 Å². The summed E-state index contributed by atoms with van der Waals surface area (Å²) in [5, 5.41) is 10.4. The van der Waals surface area contributed by atoms with Crippen LogP contribution < -0.4 is 0 Å². The lowest BCUT2D eigenvalue weighted by atomic mass is 9.94. The lowest BCUT2D eigenvalue weighted by Gasteiger charge is -2.35. The molecule has 1 unspecified atom stereocenters. The molecule has 1 N–H and O–H groups in total. The van der Waals surface area contributed by atoms with Gasteiger partial charge < -0.3 is 5.11 Å². The van der Waals surface area contributed by atoms with Gasteiger partial charge in [0.2, 0.25) is 0 Å². The molecule has 0 heterocycles. The molecule has 0 saturated heterocycles. The minimum absolute atomic E-state index is 0.268. The summed E-state index contributed by atoms with van der Waals surface area (Å²) in [6, 6.07) is 11.2.